The number of aliphatic hydroxyl groups is 1. The molecule has 1 saturated heterocycles. The monoisotopic (exact) mass is 476 g/mol. The molecule has 2 fully saturated rings. The van der Waals surface area contributed by atoms with Crippen LogP contribution in [0.4, 0.5) is 0 Å². The summed E-state index contributed by atoms with van der Waals surface area (Å²) in [5.74, 6) is 0.0906. The van der Waals surface area contributed by atoms with Gasteiger partial charge in [-0.1, -0.05) is 13.8 Å². The van der Waals surface area contributed by atoms with Crippen molar-refractivity contribution in [2.75, 3.05) is 13.1 Å². The number of aliphatic imine (C=N–C) groups is 1. The van der Waals surface area contributed by atoms with Crippen molar-refractivity contribution in [3.05, 3.63) is 42.7 Å². The average molecular weight is 477 g/mol. The Morgan fingerprint density at radius 3 is 2.71 bits per heavy atom. The number of carbonyl (C=O) groups excluding carboxylic acids is 1. The van der Waals surface area contributed by atoms with Crippen molar-refractivity contribution >= 4 is 23.2 Å². The van der Waals surface area contributed by atoms with Gasteiger partial charge in [0.1, 0.15) is 0 Å². The molecular formula is C25H32N8O2. The number of fused-ring (bicyclic) bond motifs is 1. The molecule has 0 aromatic carbocycles. The van der Waals surface area contributed by atoms with E-state index in [4.69, 9.17) is 10.7 Å². The van der Waals surface area contributed by atoms with Gasteiger partial charge < -0.3 is 15.7 Å². The van der Waals surface area contributed by atoms with Gasteiger partial charge in [0.15, 0.2) is 0 Å². The van der Waals surface area contributed by atoms with Crippen LogP contribution in [-0.2, 0) is 4.79 Å². The summed E-state index contributed by atoms with van der Waals surface area (Å²) in [7, 11) is 0. The summed E-state index contributed by atoms with van der Waals surface area (Å²) in [5, 5.41) is 18.4. The smallest absolute Gasteiger partial charge is 0.226 e. The molecule has 2 aliphatic rings. The summed E-state index contributed by atoms with van der Waals surface area (Å²) in [6.07, 6.45) is 13.5. The molecule has 1 saturated carbocycles. The minimum Gasteiger partial charge on any atom is -0.404 e. The zero-order valence-electron chi connectivity index (χ0n) is 20.2. The van der Waals surface area contributed by atoms with Gasteiger partial charge in [0, 0.05) is 48.8 Å². The molecule has 1 aliphatic carbocycles. The van der Waals surface area contributed by atoms with E-state index in [1.807, 2.05) is 34.2 Å². The Labute approximate surface area is 204 Å². The molecule has 0 radical (unpaired) electrons. The van der Waals surface area contributed by atoms with E-state index in [9.17, 15) is 9.90 Å². The standard InChI is InChI=1S/C25H32N8O2/c1-3-20(4-2)32-12-18(11-29-32)24-23-5-6-28-33(23)15-22(30-24)17(9-26)10-27-19-13-31(14-19)25(35)16-7-21(34)8-16/h5-6,9-12,15-16,19-21,34H,3-4,7-8,13-14,26H2,1-2H3. The first-order chi connectivity index (χ1) is 17.0. The van der Waals surface area contributed by atoms with Gasteiger partial charge in [0.2, 0.25) is 5.91 Å². The summed E-state index contributed by atoms with van der Waals surface area (Å²) in [5.41, 5.74) is 9.91. The number of aliphatic hydroxyl groups excluding tert-OH is 1. The zero-order chi connectivity index (χ0) is 24.5. The van der Waals surface area contributed by atoms with Gasteiger partial charge in [-0.05, 0) is 31.7 Å². The third-order valence-corrected chi connectivity index (χ3v) is 7.12. The fraction of sp³-hybridized carbons (Fsp3) is 0.480. The van der Waals surface area contributed by atoms with Crippen molar-refractivity contribution in [1.82, 2.24) is 29.3 Å². The summed E-state index contributed by atoms with van der Waals surface area (Å²) in [4.78, 5) is 23.7. The van der Waals surface area contributed by atoms with Crippen molar-refractivity contribution in [3.8, 4) is 11.3 Å². The zero-order valence-corrected chi connectivity index (χ0v) is 20.2. The van der Waals surface area contributed by atoms with Crippen LogP contribution in [0.5, 0.6) is 0 Å². The Bertz CT molecular complexity index is 1260. The molecule has 184 valence electrons. The molecule has 35 heavy (non-hydrogen) atoms. The first-order valence-corrected chi connectivity index (χ1v) is 12.3. The lowest BCUT2D eigenvalue weighted by Gasteiger charge is -2.42. The number of allylic oxidation sites excluding steroid dienone is 1. The first kappa shape index (κ1) is 23.2. The van der Waals surface area contributed by atoms with Gasteiger partial charge >= 0.3 is 0 Å². The van der Waals surface area contributed by atoms with E-state index in [2.05, 4.69) is 29.0 Å². The molecule has 5 rings (SSSR count). The summed E-state index contributed by atoms with van der Waals surface area (Å²) < 4.78 is 3.80. The molecular weight excluding hydrogens is 444 g/mol. The molecule has 1 amide bonds. The molecule has 3 aromatic rings. The van der Waals surface area contributed by atoms with E-state index in [0.717, 1.165) is 29.6 Å². The highest BCUT2D eigenvalue weighted by Gasteiger charge is 2.40. The fourth-order valence-electron chi connectivity index (χ4n) is 4.76. The lowest BCUT2D eigenvalue weighted by Crippen LogP contribution is -2.56. The Kier molecular flexibility index (Phi) is 6.38. The highest BCUT2D eigenvalue weighted by Crippen LogP contribution is 2.31. The van der Waals surface area contributed by atoms with Gasteiger partial charge in [0.25, 0.3) is 0 Å². The lowest BCUT2D eigenvalue weighted by atomic mass is 9.81. The molecule has 0 unspecified atom stereocenters. The molecule has 4 heterocycles. The van der Waals surface area contributed by atoms with Crippen molar-refractivity contribution in [2.24, 2.45) is 16.6 Å². The number of hydrogen-bond acceptors (Lipinski definition) is 7. The summed E-state index contributed by atoms with van der Waals surface area (Å²) in [6.45, 7) is 5.50. The minimum atomic E-state index is -0.324. The Morgan fingerprint density at radius 1 is 1.26 bits per heavy atom. The SMILES string of the molecule is CCC(CC)n1cc(-c2nc(C(C=NC3CN(C(=O)C4CC(O)C4)C3)=CN)cn3nccc23)cn1. The third kappa shape index (κ3) is 4.45. The quantitative estimate of drug-likeness (QED) is 0.480. The van der Waals surface area contributed by atoms with Crippen LogP contribution < -0.4 is 5.73 Å². The predicted octanol–water partition coefficient (Wildman–Crippen LogP) is 2.31. The van der Waals surface area contributed by atoms with Crippen molar-refractivity contribution in [2.45, 2.75) is 57.7 Å². The predicted molar refractivity (Wildman–Crippen MR) is 134 cm³/mol. The second kappa shape index (κ2) is 9.61. The number of carbonyl (C=O) groups is 1. The van der Waals surface area contributed by atoms with Crippen LogP contribution in [-0.4, -0.2) is 71.7 Å². The maximum Gasteiger partial charge on any atom is 0.226 e. The number of hydrogen-bond donors (Lipinski definition) is 2. The topological polar surface area (TPSA) is 127 Å². The van der Waals surface area contributed by atoms with E-state index >= 15 is 0 Å². The van der Waals surface area contributed by atoms with Gasteiger partial charge in [-0.2, -0.15) is 10.2 Å². The van der Waals surface area contributed by atoms with E-state index in [0.29, 0.717) is 43.2 Å². The second-order valence-corrected chi connectivity index (χ2v) is 9.43. The molecule has 0 atom stereocenters. The maximum atomic E-state index is 12.4. The van der Waals surface area contributed by atoms with Gasteiger partial charge in [0.05, 0.1) is 53.7 Å². The molecule has 10 heteroatoms. The van der Waals surface area contributed by atoms with Crippen LogP contribution in [0.2, 0.25) is 0 Å². The maximum absolute atomic E-state index is 12.4. The Hall–Kier alpha value is -3.53. The third-order valence-electron chi connectivity index (χ3n) is 7.12. The van der Waals surface area contributed by atoms with Crippen LogP contribution in [0.3, 0.4) is 0 Å². The molecule has 10 nitrogen and oxygen atoms in total. The number of nitrogens with zero attached hydrogens (tertiary/aromatic N) is 7. The second-order valence-electron chi connectivity index (χ2n) is 9.43. The van der Waals surface area contributed by atoms with Crippen LogP contribution in [0.1, 0.15) is 51.3 Å². The van der Waals surface area contributed by atoms with E-state index in [1.165, 1.54) is 6.20 Å². The number of amides is 1. The minimum absolute atomic E-state index is 0.0325. The van der Waals surface area contributed by atoms with Crippen LogP contribution >= 0.6 is 0 Å². The normalized spacial score (nSPS) is 21.1. The number of rotatable bonds is 8. The summed E-state index contributed by atoms with van der Waals surface area (Å²) >= 11 is 0. The van der Waals surface area contributed by atoms with Crippen molar-refractivity contribution in [1.29, 1.82) is 0 Å². The molecule has 0 spiro atoms. The van der Waals surface area contributed by atoms with Crippen LogP contribution in [0, 0.1) is 5.92 Å². The van der Waals surface area contributed by atoms with E-state index in [1.54, 1.807) is 16.9 Å². The van der Waals surface area contributed by atoms with Crippen molar-refractivity contribution in [3.63, 3.8) is 0 Å². The first-order valence-electron chi connectivity index (χ1n) is 12.3. The molecule has 1 aliphatic heterocycles. The van der Waals surface area contributed by atoms with E-state index in [-0.39, 0.29) is 24.0 Å². The lowest BCUT2D eigenvalue weighted by molar-refractivity contribution is -0.146. The Morgan fingerprint density at radius 2 is 2.03 bits per heavy atom. The molecule has 0 bridgehead atoms. The summed E-state index contributed by atoms with van der Waals surface area (Å²) in [6, 6.07) is 2.31. The van der Waals surface area contributed by atoms with Crippen molar-refractivity contribution < 1.29 is 9.90 Å². The van der Waals surface area contributed by atoms with Crippen LogP contribution in [0.25, 0.3) is 22.3 Å². The highest BCUT2D eigenvalue weighted by molar-refractivity contribution is 6.09. The van der Waals surface area contributed by atoms with Gasteiger partial charge in [-0.3, -0.25) is 14.5 Å². The number of aromatic nitrogens is 5. The number of likely N-dealkylation sites (tertiary alicyclic amines) is 1. The van der Waals surface area contributed by atoms with E-state index < -0.39 is 0 Å². The largest absolute Gasteiger partial charge is 0.404 e. The number of nitrogens with two attached hydrogens (primary N) is 1. The average Bonchev–Trinajstić information content (AvgIpc) is 3.48. The molecule has 3 N–H and O–H groups in total. The highest BCUT2D eigenvalue weighted by atomic mass is 16.3. The molecule has 3 aromatic heterocycles. The fourth-order valence-corrected chi connectivity index (χ4v) is 4.76. The van der Waals surface area contributed by atoms with Gasteiger partial charge in [-0.25, -0.2) is 9.50 Å². The van der Waals surface area contributed by atoms with Crippen LogP contribution in [0.15, 0.2) is 42.0 Å². The van der Waals surface area contributed by atoms with Gasteiger partial charge in [-0.15, -0.1) is 0 Å². The Balaban J connectivity index is 1.33.